The minimum absolute atomic E-state index is 0.0141. The molecule has 0 spiro atoms. The van der Waals surface area contributed by atoms with Crippen LogP contribution in [-0.2, 0) is 28.1 Å². The van der Waals surface area contributed by atoms with Gasteiger partial charge in [0.15, 0.2) is 0 Å². The van der Waals surface area contributed by atoms with Crippen LogP contribution in [0.5, 0.6) is 0 Å². The number of benzene rings is 3. The lowest BCUT2D eigenvalue weighted by atomic mass is 9.88. The van der Waals surface area contributed by atoms with E-state index in [2.05, 4.69) is 5.32 Å². The molecule has 0 fully saturated rings. The molecule has 41 heavy (non-hydrogen) atoms. The van der Waals surface area contributed by atoms with Crippen LogP contribution < -0.4 is 5.32 Å². The maximum atomic E-state index is 13.5. The van der Waals surface area contributed by atoms with E-state index in [9.17, 15) is 44.3 Å². The van der Waals surface area contributed by atoms with E-state index in [0.717, 1.165) is 19.2 Å². The first kappa shape index (κ1) is 32.1. The molecule has 1 unspecified atom stereocenters. The Labute approximate surface area is 234 Å². The van der Waals surface area contributed by atoms with Crippen LogP contribution in [0, 0.1) is 5.92 Å². The number of alkyl halides is 9. The monoisotopic (exact) mass is 611 g/mol. The van der Waals surface area contributed by atoms with Gasteiger partial charge in [-0.2, -0.15) is 39.5 Å². The Morgan fingerprint density at radius 3 is 1.83 bits per heavy atom. The Balaban J connectivity index is 2.25. The van der Waals surface area contributed by atoms with Gasteiger partial charge in [-0.3, -0.25) is 4.79 Å². The van der Waals surface area contributed by atoms with E-state index in [1.165, 1.54) is 24.3 Å². The summed E-state index contributed by atoms with van der Waals surface area (Å²) in [4.78, 5) is 12.6. The first-order valence-electron chi connectivity index (χ1n) is 12.0. The average molecular weight is 612 g/mol. The predicted octanol–water partition coefficient (Wildman–Crippen LogP) is 10.1. The molecular weight excluding hydrogens is 589 g/mol. The van der Waals surface area contributed by atoms with Gasteiger partial charge >= 0.3 is 24.5 Å². The van der Waals surface area contributed by atoms with Crippen LogP contribution in [0.25, 0.3) is 11.1 Å². The second kappa shape index (κ2) is 11.8. The van der Waals surface area contributed by atoms with E-state index in [4.69, 9.17) is 16.3 Å². The van der Waals surface area contributed by atoms with Gasteiger partial charge in [-0.15, -0.1) is 0 Å². The first-order valence-corrected chi connectivity index (χ1v) is 12.3. The lowest BCUT2D eigenvalue weighted by Crippen LogP contribution is -2.17. The quantitative estimate of drug-likeness (QED) is 0.213. The number of hydrogen-bond donors (Lipinski definition) is 1. The molecule has 0 radical (unpaired) electrons. The molecule has 0 saturated carbocycles. The van der Waals surface area contributed by atoms with Gasteiger partial charge in [0, 0.05) is 11.4 Å². The van der Waals surface area contributed by atoms with E-state index in [-0.39, 0.29) is 40.8 Å². The summed E-state index contributed by atoms with van der Waals surface area (Å²) >= 11 is 5.73. The van der Waals surface area contributed by atoms with Crippen molar-refractivity contribution in [2.75, 3.05) is 12.4 Å². The molecule has 0 amide bonds. The normalized spacial score (nSPS) is 13.3. The van der Waals surface area contributed by atoms with Crippen molar-refractivity contribution in [1.29, 1.82) is 0 Å². The van der Waals surface area contributed by atoms with Crippen molar-refractivity contribution in [2.45, 2.75) is 44.7 Å². The molecule has 13 heteroatoms. The van der Waals surface area contributed by atoms with E-state index in [1.54, 1.807) is 13.8 Å². The molecule has 0 aliphatic heterocycles. The van der Waals surface area contributed by atoms with Gasteiger partial charge in [0.25, 0.3) is 0 Å². The van der Waals surface area contributed by atoms with Gasteiger partial charge in [-0.1, -0.05) is 37.6 Å². The Bertz CT molecular complexity index is 1380. The molecular formula is C28H23ClF9NO2. The van der Waals surface area contributed by atoms with Crippen LogP contribution in [-0.4, -0.2) is 13.1 Å². The third-order valence-corrected chi connectivity index (χ3v) is 6.36. The van der Waals surface area contributed by atoms with Crippen LogP contribution in [0.2, 0.25) is 5.02 Å². The molecule has 3 nitrogen and oxygen atoms in total. The molecule has 3 aromatic rings. The van der Waals surface area contributed by atoms with E-state index in [0.29, 0.717) is 12.1 Å². The Morgan fingerprint density at radius 1 is 0.780 bits per heavy atom. The zero-order chi connectivity index (χ0) is 30.9. The largest absolute Gasteiger partial charge is 0.469 e. The number of carbonyl (C=O) groups excluding carboxylic acids is 1. The van der Waals surface area contributed by atoms with Gasteiger partial charge in [0.1, 0.15) is 0 Å². The van der Waals surface area contributed by atoms with Crippen molar-refractivity contribution in [3.8, 4) is 11.1 Å². The summed E-state index contributed by atoms with van der Waals surface area (Å²) in [7, 11) is 1.13. The number of anilines is 2. The minimum atomic E-state index is -5.10. The van der Waals surface area contributed by atoms with Gasteiger partial charge in [-0.25, -0.2) is 0 Å². The highest BCUT2D eigenvalue weighted by atomic mass is 35.5. The van der Waals surface area contributed by atoms with Crippen LogP contribution in [0.4, 0.5) is 50.9 Å². The number of halogens is 10. The van der Waals surface area contributed by atoms with Gasteiger partial charge < -0.3 is 10.1 Å². The number of ether oxygens (including phenoxy) is 1. The Kier molecular flexibility index (Phi) is 9.27. The molecule has 1 N–H and O–H groups in total. The van der Waals surface area contributed by atoms with Crippen LogP contribution in [0.15, 0.2) is 54.6 Å². The zero-order valence-electron chi connectivity index (χ0n) is 21.7. The van der Waals surface area contributed by atoms with Crippen molar-refractivity contribution in [3.05, 3.63) is 81.9 Å². The highest BCUT2D eigenvalue weighted by molar-refractivity contribution is 6.31. The summed E-state index contributed by atoms with van der Waals surface area (Å²) in [5.41, 5.74) is -4.65. The van der Waals surface area contributed by atoms with Crippen molar-refractivity contribution >= 4 is 28.9 Å². The van der Waals surface area contributed by atoms with Gasteiger partial charge in [-0.05, 0) is 71.5 Å². The van der Waals surface area contributed by atoms with E-state index in [1.807, 2.05) is 0 Å². The predicted molar refractivity (Wildman–Crippen MR) is 136 cm³/mol. The van der Waals surface area contributed by atoms with Crippen LogP contribution >= 0.6 is 11.6 Å². The van der Waals surface area contributed by atoms with Crippen molar-refractivity contribution < 1.29 is 49.0 Å². The molecule has 3 aromatic carbocycles. The number of carbonyl (C=O) groups is 1. The molecule has 0 aliphatic carbocycles. The number of esters is 1. The Hall–Kier alpha value is -3.41. The highest BCUT2D eigenvalue weighted by Crippen LogP contribution is 2.41. The molecule has 0 aliphatic rings. The fraction of sp³-hybridized carbons (Fsp3) is 0.321. The third-order valence-electron chi connectivity index (χ3n) is 6.03. The summed E-state index contributed by atoms with van der Waals surface area (Å²) in [6.07, 6.45) is -14.8. The summed E-state index contributed by atoms with van der Waals surface area (Å²) in [6, 6.07) is 7.91. The number of methoxy groups -OCH3 is 1. The smallest absolute Gasteiger partial charge is 0.417 e. The van der Waals surface area contributed by atoms with Crippen molar-refractivity contribution in [1.82, 2.24) is 0 Å². The lowest BCUT2D eigenvalue weighted by Gasteiger charge is -2.21. The fourth-order valence-electron chi connectivity index (χ4n) is 4.19. The van der Waals surface area contributed by atoms with Gasteiger partial charge in [0.05, 0.1) is 34.7 Å². The van der Waals surface area contributed by atoms with Crippen LogP contribution in [0.1, 0.15) is 48.4 Å². The third kappa shape index (κ3) is 8.08. The standard InChI is InChI=1S/C28H23ClF9NO2/c1-14(2)6-22(25(40)41-3)17-7-16(15-4-5-24(29)23(10-15)28(36,37)38)8-20(9-17)39-21-12-18(26(30,31)32)11-19(13-21)27(33,34)35/h4-5,7-14,22,39H,6H2,1-3H3. The summed E-state index contributed by atoms with van der Waals surface area (Å²) < 4.78 is 126. The lowest BCUT2D eigenvalue weighted by molar-refractivity contribution is -0.144. The highest BCUT2D eigenvalue weighted by Gasteiger charge is 2.37. The SMILES string of the molecule is COC(=O)C(CC(C)C)c1cc(Nc2cc(C(F)(F)F)cc(C(F)(F)F)c2)cc(-c2ccc(Cl)c(C(F)(F)F)c2)c1. The van der Waals surface area contributed by atoms with Crippen LogP contribution in [0.3, 0.4) is 0 Å². The maximum Gasteiger partial charge on any atom is 0.417 e. The number of rotatable bonds is 7. The average Bonchev–Trinajstić information content (AvgIpc) is 2.84. The Morgan fingerprint density at radius 2 is 1.34 bits per heavy atom. The maximum absolute atomic E-state index is 13.5. The van der Waals surface area contributed by atoms with E-state index >= 15 is 0 Å². The summed E-state index contributed by atoms with van der Waals surface area (Å²) in [5.74, 6) is -1.70. The molecule has 3 rings (SSSR count). The second-order valence-electron chi connectivity index (χ2n) is 9.66. The van der Waals surface area contributed by atoms with Crippen molar-refractivity contribution in [2.24, 2.45) is 5.92 Å². The first-order chi connectivity index (χ1) is 18.8. The molecule has 0 aromatic heterocycles. The molecule has 222 valence electrons. The molecule has 1 atom stereocenters. The zero-order valence-corrected chi connectivity index (χ0v) is 22.4. The topological polar surface area (TPSA) is 38.3 Å². The summed E-state index contributed by atoms with van der Waals surface area (Å²) in [6.45, 7) is 3.60. The van der Waals surface area contributed by atoms with Gasteiger partial charge in [0.2, 0.25) is 0 Å². The molecule has 0 saturated heterocycles. The second-order valence-corrected chi connectivity index (χ2v) is 10.1. The molecule has 0 heterocycles. The molecule has 0 bridgehead atoms. The van der Waals surface area contributed by atoms with Crippen molar-refractivity contribution in [3.63, 3.8) is 0 Å². The number of hydrogen-bond acceptors (Lipinski definition) is 3. The van der Waals surface area contributed by atoms with E-state index < -0.39 is 57.8 Å². The fourth-order valence-corrected chi connectivity index (χ4v) is 4.41. The minimum Gasteiger partial charge on any atom is -0.469 e. The summed E-state index contributed by atoms with van der Waals surface area (Å²) in [5, 5.41) is 1.92. The number of nitrogens with one attached hydrogen (secondary N) is 1.